The van der Waals surface area contributed by atoms with Crippen LogP contribution in [0.4, 0.5) is 16.2 Å². The summed E-state index contributed by atoms with van der Waals surface area (Å²) in [4.78, 5) is 36.4. The van der Waals surface area contributed by atoms with Gasteiger partial charge in [0, 0.05) is 0 Å². The van der Waals surface area contributed by atoms with Crippen molar-refractivity contribution < 1.29 is 14.4 Å². The molecule has 1 fully saturated rings. The van der Waals surface area contributed by atoms with Crippen molar-refractivity contribution in [3.8, 4) is 0 Å². The lowest BCUT2D eigenvalue weighted by atomic mass is 10.0. The molecular formula is C13H16N4O3. The first-order valence-corrected chi connectivity index (χ1v) is 6.10. The summed E-state index contributed by atoms with van der Waals surface area (Å²) in [6, 6.07) is 6.23. The smallest absolute Gasteiger partial charge is 0.325 e. The molecule has 0 radical (unpaired) electrons. The third kappa shape index (κ3) is 2.42. The number of anilines is 2. The average Bonchev–Trinajstić information content (AvgIpc) is 2.55. The highest BCUT2D eigenvalue weighted by atomic mass is 16.2. The summed E-state index contributed by atoms with van der Waals surface area (Å²) in [5.74, 6) is -0.838. The molecule has 0 spiro atoms. The summed E-state index contributed by atoms with van der Waals surface area (Å²) in [5.41, 5.74) is 5.58. The molecule has 1 aromatic carbocycles. The maximum absolute atomic E-state index is 12.0. The molecule has 1 aliphatic heterocycles. The van der Waals surface area contributed by atoms with Crippen molar-refractivity contribution >= 4 is 29.2 Å². The molecule has 7 nitrogen and oxygen atoms in total. The second kappa shape index (κ2) is 4.84. The quantitative estimate of drug-likeness (QED) is 0.553. The topological polar surface area (TPSA) is 105 Å². The van der Waals surface area contributed by atoms with Gasteiger partial charge in [-0.25, -0.2) is 4.79 Å². The molecule has 1 saturated heterocycles. The van der Waals surface area contributed by atoms with E-state index in [0.29, 0.717) is 11.4 Å². The molecule has 0 atom stereocenters. The molecule has 1 heterocycles. The van der Waals surface area contributed by atoms with Crippen molar-refractivity contribution in [2.45, 2.75) is 19.4 Å². The number of carbonyl (C=O) groups excluding carboxylic acids is 3. The first kappa shape index (κ1) is 13.9. The first-order chi connectivity index (χ1) is 9.32. The number of nitrogens with two attached hydrogens (primary N) is 1. The Morgan fingerprint density at radius 1 is 1.35 bits per heavy atom. The molecule has 106 valence electrons. The van der Waals surface area contributed by atoms with E-state index in [2.05, 4.69) is 10.6 Å². The van der Waals surface area contributed by atoms with Gasteiger partial charge in [-0.05, 0) is 26.0 Å². The minimum absolute atomic E-state index is 0.223. The number of urea groups is 1. The highest BCUT2D eigenvalue weighted by Crippen LogP contribution is 2.21. The largest absolute Gasteiger partial charge is 0.397 e. The van der Waals surface area contributed by atoms with Gasteiger partial charge in [0.25, 0.3) is 5.91 Å². The number of rotatable bonds is 3. The molecular weight excluding hydrogens is 260 g/mol. The number of hydrogen-bond donors (Lipinski definition) is 3. The van der Waals surface area contributed by atoms with Gasteiger partial charge in [-0.2, -0.15) is 0 Å². The Morgan fingerprint density at radius 3 is 2.55 bits per heavy atom. The van der Waals surface area contributed by atoms with Gasteiger partial charge in [-0.1, -0.05) is 12.1 Å². The van der Waals surface area contributed by atoms with E-state index in [4.69, 9.17) is 5.73 Å². The van der Waals surface area contributed by atoms with Crippen LogP contribution in [0.3, 0.4) is 0 Å². The fraction of sp³-hybridized carbons (Fsp3) is 0.308. The summed E-state index contributed by atoms with van der Waals surface area (Å²) in [6.07, 6.45) is 0. The second-order valence-corrected chi connectivity index (χ2v) is 5.04. The zero-order chi connectivity index (χ0) is 14.9. The summed E-state index contributed by atoms with van der Waals surface area (Å²) in [7, 11) is 0. The summed E-state index contributed by atoms with van der Waals surface area (Å²) >= 11 is 0. The lowest BCUT2D eigenvalue weighted by Gasteiger charge is -2.27. The zero-order valence-electron chi connectivity index (χ0n) is 11.3. The Balaban J connectivity index is 2.07. The van der Waals surface area contributed by atoms with Crippen molar-refractivity contribution in [3.05, 3.63) is 24.3 Å². The highest BCUT2D eigenvalue weighted by Gasteiger charge is 2.46. The van der Waals surface area contributed by atoms with Crippen LogP contribution in [-0.4, -0.2) is 34.8 Å². The van der Waals surface area contributed by atoms with Crippen LogP contribution in [0.5, 0.6) is 0 Å². The molecule has 4 N–H and O–H groups in total. The van der Waals surface area contributed by atoms with Crippen LogP contribution in [0.2, 0.25) is 0 Å². The molecule has 1 aromatic rings. The Morgan fingerprint density at radius 2 is 2.00 bits per heavy atom. The second-order valence-electron chi connectivity index (χ2n) is 5.04. The predicted molar refractivity (Wildman–Crippen MR) is 73.8 cm³/mol. The number of imide groups is 1. The van der Waals surface area contributed by atoms with E-state index in [1.165, 1.54) is 4.90 Å². The number of amides is 4. The van der Waals surface area contributed by atoms with E-state index in [0.717, 1.165) is 0 Å². The van der Waals surface area contributed by atoms with Gasteiger partial charge in [-0.3, -0.25) is 14.9 Å². The molecule has 1 aliphatic rings. The number of nitrogens with one attached hydrogen (secondary N) is 2. The molecule has 0 aliphatic carbocycles. The number of benzene rings is 1. The monoisotopic (exact) mass is 276 g/mol. The zero-order valence-corrected chi connectivity index (χ0v) is 11.3. The van der Waals surface area contributed by atoms with E-state index in [1.54, 1.807) is 38.1 Å². The van der Waals surface area contributed by atoms with E-state index >= 15 is 0 Å². The van der Waals surface area contributed by atoms with Gasteiger partial charge >= 0.3 is 6.03 Å². The van der Waals surface area contributed by atoms with E-state index in [-0.39, 0.29) is 6.54 Å². The molecule has 2 rings (SSSR count). The van der Waals surface area contributed by atoms with Gasteiger partial charge in [0.2, 0.25) is 5.91 Å². The van der Waals surface area contributed by atoms with Crippen molar-refractivity contribution in [3.63, 3.8) is 0 Å². The molecule has 7 heteroatoms. The van der Waals surface area contributed by atoms with Crippen LogP contribution in [0.25, 0.3) is 0 Å². The van der Waals surface area contributed by atoms with Gasteiger partial charge in [0.1, 0.15) is 12.1 Å². The molecule has 0 unspecified atom stereocenters. The highest BCUT2D eigenvalue weighted by molar-refractivity contribution is 6.08. The Bertz CT molecular complexity index is 583. The van der Waals surface area contributed by atoms with Crippen molar-refractivity contribution in [2.24, 2.45) is 0 Å². The molecule has 0 bridgehead atoms. The number of nitrogens with zero attached hydrogens (tertiary/aromatic N) is 1. The first-order valence-electron chi connectivity index (χ1n) is 6.10. The number of nitrogen functional groups attached to an aromatic ring is 1. The SMILES string of the molecule is CC1(C)C(=O)NC(=O)N1CC(=O)Nc1ccccc1N. The molecule has 4 amide bonds. The molecule has 0 saturated carbocycles. The van der Waals surface area contributed by atoms with Gasteiger partial charge in [-0.15, -0.1) is 0 Å². The minimum Gasteiger partial charge on any atom is -0.397 e. The maximum atomic E-state index is 12.0. The maximum Gasteiger partial charge on any atom is 0.325 e. The number of carbonyl (C=O) groups is 3. The summed E-state index contributed by atoms with van der Waals surface area (Å²) in [5, 5.41) is 4.79. The lowest BCUT2D eigenvalue weighted by Crippen LogP contribution is -2.47. The van der Waals surface area contributed by atoms with Crippen molar-refractivity contribution in [1.29, 1.82) is 0 Å². The summed E-state index contributed by atoms with van der Waals surface area (Å²) < 4.78 is 0. The normalized spacial score (nSPS) is 17.0. The molecule has 0 aromatic heterocycles. The van der Waals surface area contributed by atoms with E-state index in [9.17, 15) is 14.4 Å². The average molecular weight is 276 g/mol. The number of hydrogen-bond acceptors (Lipinski definition) is 4. The fourth-order valence-electron chi connectivity index (χ4n) is 1.91. The standard InChI is InChI=1S/C13H16N4O3/c1-13(2)11(19)16-12(20)17(13)7-10(18)15-9-6-4-3-5-8(9)14/h3-6H,7,14H2,1-2H3,(H,15,18)(H,16,19,20). The lowest BCUT2D eigenvalue weighted by molar-refractivity contribution is -0.126. The summed E-state index contributed by atoms with van der Waals surface area (Å²) in [6.45, 7) is 2.94. The van der Waals surface area contributed by atoms with E-state index < -0.39 is 23.4 Å². The Labute approximate surface area is 116 Å². The van der Waals surface area contributed by atoms with Crippen LogP contribution < -0.4 is 16.4 Å². The number of para-hydroxylation sites is 2. The van der Waals surface area contributed by atoms with Crippen LogP contribution in [-0.2, 0) is 9.59 Å². The third-order valence-electron chi connectivity index (χ3n) is 3.23. The van der Waals surface area contributed by atoms with Crippen LogP contribution >= 0.6 is 0 Å². The Kier molecular flexibility index (Phi) is 3.35. The Hall–Kier alpha value is -2.57. The van der Waals surface area contributed by atoms with Gasteiger partial charge in [0.15, 0.2) is 0 Å². The predicted octanol–water partition coefficient (Wildman–Crippen LogP) is 0.538. The molecule has 20 heavy (non-hydrogen) atoms. The van der Waals surface area contributed by atoms with Crippen molar-refractivity contribution in [1.82, 2.24) is 10.2 Å². The van der Waals surface area contributed by atoms with Crippen LogP contribution in [0.15, 0.2) is 24.3 Å². The van der Waals surface area contributed by atoms with Gasteiger partial charge in [0.05, 0.1) is 11.4 Å². The van der Waals surface area contributed by atoms with Crippen molar-refractivity contribution in [2.75, 3.05) is 17.6 Å². The van der Waals surface area contributed by atoms with E-state index in [1.807, 2.05) is 0 Å². The minimum atomic E-state index is -1.04. The third-order valence-corrected chi connectivity index (χ3v) is 3.23. The fourth-order valence-corrected chi connectivity index (χ4v) is 1.91. The van der Waals surface area contributed by atoms with Crippen LogP contribution in [0, 0.1) is 0 Å². The van der Waals surface area contributed by atoms with Gasteiger partial charge < -0.3 is 16.0 Å². The van der Waals surface area contributed by atoms with Crippen LogP contribution in [0.1, 0.15) is 13.8 Å².